The van der Waals surface area contributed by atoms with E-state index < -0.39 is 34.9 Å². The Kier molecular flexibility index (Phi) is 4.79. The summed E-state index contributed by atoms with van der Waals surface area (Å²) in [6, 6.07) is 0. The van der Waals surface area contributed by atoms with E-state index in [0.717, 1.165) is 0 Å². The Labute approximate surface area is 89.9 Å². The standard InChI is InChI=1S/C6H2Cl2F6O/c7-3(1-5(9,10)11)15-4(8)2-6(12,13)14/h1-2H/b3-1-,4-2-. The lowest BCUT2D eigenvalue weighted by Crippen LogP contribution is -2.05. The highest BCUT2D eigenvalue weighted by Crippen LogP contribution is 2.26. The summed E-state index contributed by atoms with van der Waals surface area (Å²) < 4.78 is 73.2. The molecule has 0 radical (unpaired) electrons. The van der Waals surface area contributed by atoms with Crippen LogP contribution < -0.4 is 0 Å². The highest BCUT2D eigenvalue weighted by Gasteiger charge is 2.27. The van der Waals surface area contributed by atoms with Crippen LogP contribution in [0.15, 0.2) is 22.6 Å². The minimum Gasteiger partial charge on any atom is -0.433 e. The lowest BCUT2D eigenvalue weighted by molar-refractivity contribution is -0.0825. The van der Waals surface area contributed by atoms with Crippen molar-refractivity contribution in [2.24, 2.45) is 0 Å². The van der Waals surface area contributed by atoms with E-state index in [1.54, 1.807) is 0 Å². The van der Waals surface area contributed by atoms with Gasteiger partial charge in [0, 0.05) is 0 Å². The molecule has 0 heterocycles. The van der Waals surface area contributed by atoms with E-state index in [4.69, 9.17) is 23.2 Å². The van der Waals surface area contributed by atoms with Gasteiger partial charge >= 0.3 is 12.4 Å². The second-order valence-corrected chi connectivity index (χ2v) is 2.83. The van der Waals surface area contributed by atoms with Gasteiger partial charge in [0.15, 0.2) is 10.4 Å². The Bertz CT molecular complexity index is 248. The van der Waals surface area contributed by atoms with Gasteiger partial charge in [-0.05, 0) is 23.2 Å². The van der Waals surface area contributed by atoms with Gasteiger partial charge in [0.05, 0.1) is 12.2 Å². The Hall–Kier alpha value is -0.560. The fraction of sp³-hybridized carbons (Fsp3) is 0.333. The average molecular weight is 275 g/mol. The molecule has 0 atom stereocenters. The van der Waals surface area contributed by atoms with Gasteiger partial charge in [0.2, 0.25) is 0 Å². The molecule has 15 heavy (non-hydrogen) atoms. The largest absolute Gasteiger partial charge is 0.433 e. The number of ether oxygens (including phenoxy) is 1. The highest BCUT2D eigenvalue weighted by atomic mass is 35.5. The Morgan fingerprint density at radius 1 is 0.800 bits per heavy atom. The van der Waals surface area contributed by atoms with E-state index in [1.165, 1.54) is 0 Å². The molecule has 88 valence electrons. The summed E-state index contributed by atoms with van der Waals surface area (Å²) in [4.78, 5) is 0. The third kappa shape index (κ3) is 9.74. The van der Waals surface area contributed by atoms with Crippen molar-refractivity contribution in [3.8, 4) is 0 Å². The number of halogens is 8. The number of allylic oxidation sites excluding steroid dienone is 2. The zero-order chi connectivity index (χ0) is 12.3. The van der Waals surface area contributed by atoms with Gasteiger partial charge in [-0.15, -0.1) is 0 Å². The first kappa shape index (κ1) is 14.4. The molecule has 9 heteroatoms. The molecule has 0 aliphatic heterocycles. The van der Waals surface area contributed by atoms with Crippen LogP contribution in [0.1, 0.15) is 0 Å². The zero-order valence-electron chi connectivity index (χ0n) is 6.59. The predicted octanol–water partition coefficient (Wildman–Crippen LogP) is 4.29. The van der Waals surface area contributed by atoms with E-state index in [1.807, 2.05) is 0 Å². The summed E-state index contributed by atoms with van der Waals surface area (Å²) >= 11 is 9.63. The van der Waals surface area contributed by atoms with Crippen molar-refractivity contribution in [3.05, 3.63) is 22.6 Å². The molecule has 0 aromatic carbocycles. The van der Waals surface area contributed by atoms with Gasteiger partial charge in [-0.1, -0.05) is 0 Å². The van der Waals surface area contributed by atoms with Crippen molar-refractivity contribution < 1.29 is 31.1 Å². The van der Waals surface area contributed by atoms with Crippen LogP contribution in [0.2, 0.25) is 0 Å². The molecular formula is C6H2Cl2F6O. The maximum Gasteiger partial charge on any atom is 0.414 e. The van der Waals surface area contributed by atoms with Crippen LogP contribution in [0.25, 0.3) is 0 Å². The van der Waals surface area contributed by atoms with E-state index in [-0.39, 0.29) is 0 Å². The molecule has 1 nitrogen and oxygen atoms in total. The summed E-state index contributed by atoms with van der Waals surface area (Å²) in [6.45, 7) is 0. The van der Waals surface area contributed by atoms with Gasteiger partial charge < -0.3 is 4.74 Å². The third-order valence-electron chi connectivity index (χ3n) is 0.749. The molecule has 0 fully saturated rings. The minimum absolute atomic E-state index is 0.541. The fourth-order valence-electron chi connectivity index (χ4n) is 0.409. The van der Waals surface area contributed by atoms with Gasteiger partial charge in [0.25, 0.3) is 0 Å². The number of rotatable bonds is 2. The molecule has 0 saturated carbocycles. The maximum absolute atomic E-state index is 11.6. The zero-order valence-corrected chi connectivity index (χ0v) is 8.10. The Balaban J connectivity index is 4.50. The Morgan fingerprint density at radius 2 is 1.07 bits per heavy atom. The molecule has 0 aliphatic carbocycles. The SMILES string of the molecule is FC(F)(F)/C=C(/Cl)O/C(Cl)=C\C(F)(F)F. The van der Waals surface area contributed by atoms with Gasteiger partial charge in [-0.2, -0.15) is 26.3 Å². The molecule has 0 amide bonds. The van der Waals surface area contributed by atoms with Crippen LogP contribution in [0.4, 0.5) is 26.3 Å². The van der Waals surface area contributed by atoms with Crippen LogP contribution in [-0.2, 0) is 4.74 Å². The van der Waals surface area contributed by atoms with Crippen molar-refractivity contribution in [2.45, 2.75) is 12.4 Å². The van der Waals surface area contributed by atoms with E-state index >= 15 is 0 Å². The molecule has 0 spiro atoms. The van der Waals surface area contributed by atoms with Crippen molar-refractivity contribution in [1.82, 2.24) is 0 Å². The van der Waals surface area contributed by atoms with Gasteiger partial charge in [0.1, 0.15) is 0 Å². The highest BCUT2D eigenvalue weighted by molar-refractivity contribution is 6.31. The van der Waals surface area contributed by atoms with Gasteiger partial charge in [-0.25, -0.2) is 0 Å². The van der Waals surface area contributed by atoms with E-state index in [0.29, 0.717) is 0 Å². The van der Waals surface area contributed by atoms with Crippen LogP contribution in [0.5, 0.6) is 0 Å². The molecule has 0 aliphatic rings. The first-order chi connectivity index (χ1) is 6.49. The Morgan fingerprint density at radius 3 is 1.27 bits per heavy atom. The van der Waals surface area contributed by atoms with Crippen LogP contribution in [-0.4, -0.2) is 12.4 Å². The summed E-state index contributed by atoms with van der Waals surface area (Å²) in [6.07, 6.45) is -10.7. The molecular weight excluding hydrogens is 273 g/mol. The van der Waals surface area contributed by atoms with Crippen LogP contribution in [0, 0.1) is 0 Å². The van der Waals surface area contributed by atoms with Crippen LogP contribution in [0.3, 0.4) is 0 Å². The molecule has 0 bridgehead atoms. The van der Waals surface area contributed by atoms with Crippen molar-refractivity contribution >= 4 is 23.2 Å². The average Bonchev–Trinajstić information content (AvgIpc) is 1.73. The fourth-order valence-corrected chi connectivity index (χ4v) is 0.863. The monoisotopic (exact) mass is 274 g/mol. The quantitative estimate of drug-likeness (QED) is 0.539. The van der Waals surface area contributed by atoms with Crippen molar-refractivity contribution in [2.75, 3.05) is 0 Å². The maximum atomic E-state index is 11.6. The van der Waals surface area contributed by atoms with E-state index in [9.17, 15) is 26.3 Å². The number of alkyl halides is 6. The normalized spacial score (nSPS) is 15.5. The third-order valence-corrected chi connectivity index (χ3v) is 1.12. The number of hydrogen-bond donors (Lipinski definition) is 0. The molecule has 0 rings (SSSR count). The smallest absolute Gasteiger partial charge is 0.414 e. The lowest BCUT2D eigenvalue weighted by atomic mass is 10.6. The summed E-state index contributed by atoms with van der Waals surface area (Å²) in [5.74, 6) is 0. The molecule has 0 N–H and O–H groups in total. The molecule has 0 aromatic rings. The van der Waals surface area contributed by atoms with Crippen molar-refractivity contribution in [3.63, 3.8) is 0 Å². The number of hydrogen-bond acceptors (Lipinski definition) is 1. The first-order valence-corrected chi connectivity index (χ1v) is 3.83. The first-order valence-electron chi connectivity index (χ1n) is 3.07. The van der Waals surface area contributed by atoms with Crippen molar-refractivity contribution in [1.29, 1.82) is 0 Å². The molecule has 0 saturated heterocycles. The second-order valence-electron chi connectivity index (χ2n) is 2.08. The minimum atomic E-state index is -4.80. The molecule has 0 aromatic heterocycles. The van der Waals surface area contributed by atoms with E-state index in [2.05, 4.69) is 4.74 Å². The predicted molar refractivity (Wildman–Crippen MR) is 41.1 cm³/mol. The topological polar surface area (TPSA) is 9.23 Å². The molecule has 0 unspecified atom stereocenters. The summed E-state index contributed by atoms with van der Waals surface area (Å²) in [7, 11) is 0. The summed E-state index contributed by atoms with van der Waals surface area (Å²) in [5, 5.41) is -2.62. The van der Waals surface area contributed by atoms with Crippen LogP contribution >= 0.6 is 23.2 Å². The summed E-state index contributed by atoms with van der Waals surface area (Å²) in [5.41, 5.74) is 0. The second kappa shape index (κ2) is 4.98. The van der Waals surface area contributed by atoms with Gasteiger partial charge in [-0.3, -0.25) is 0 Å². The lowest BCUT2D eigenvalue weighted by Gasteiger charge is -2.05.